The van der Waals surface area contributed by atoms with Crippen molar-refractivity contribution in [2.24, 2.45) is 5.73 Å². The number of fused-ring (bicyclic) bond motifs is 1. The van der Waals surface area contributed by atoms with E-state index in [0.717, 1.165) is 15.5 Å². The predicted octanol–water partition coefficient (Wildman–Crippen LogP) is 3.35. The molecule has 0 radical (unpaired) electrons. The normalized spacial score (nSPS) is 12.7. The minimum Gasteiger partial charge on any atom is -0.328 e. The average molecular weight is 316 g/mol. The molecule has 0 saturated heterocycles. The van der Waals surface area contributed by atoms with Crippen molar-refractivity contribution in [2.75, 3.05) is 6.54 Å². The molecule has 0 spiro atoms. The summed E-state index contributed by atoms with van der Waals surface area (Å²) >= 11 is 3.51. The lowest BCUT2D eigenvalue weighted by Crippen LogP contribution is -2.19. The molecule has 0 fully saturated rings. The van der Waals surface area contributed by atoms with Gasteiger partial charge in [-0.25, -0.2) is 4.98 Å². The van der Waals surface area contributed by atoms with Crippen LogP contribution in [0.5, 0.6) is 0 Å². The summed E-state index contributed by atoms with van der Waals surface area (Å²) in [5, 5.41) is 0. The molecule has 96 valence electrons. The molecule has 3 aromatic rings. The number of nitrogens with two attached hydrogens (primary N) is 1. The quantitative estimate of drug-likeness (QED) is 0.805. The molecule has 1 heterocycles. The molecule has 0 saturated carbocycles. The Morgan fingerprint density at radius 3 is 2.79 bits per heavy atom. The third-order valence-corrected chi connectivity index (χ3v) is 3.77. The maximum absolute atomic E-state index is 5.97. The summed E-state index contributed by atoms with van der Waals surface area (Å²) in [6.45, 7) is 0.538. The lowest BCUT2D eigenvalue weighted by atomic mass is 10.1. The van der Waals surface area contributed by atoms with Gasteiger partial charge in [-0.2, -0.15) is 0 Å². The third-order valence-electron chi connectivity index (χ3n) is 3.27. The highest BCUT2D eigenvalue weighted by molar-refractivity contribution is 9.10. The van der Waals surface area contributed by atoms with Crippen LogP contribution < -0.4 is 5.73 Å². The second kappa shape index (κ2) is 5.15. The van der Waals surface area contributed by atoms with E-state index in [1.54, 1.807) is 0 Å². The average Bonchev–Trinajstić information content (AvgIpc) is 2.84. The Kier molecular flexibility index (Phi) is 3.36. The zero-order valence-electron chi connectivity index (χ0n) is 10.3. The summed E-state index contributed by atoms with van der Waals surface area (Å²) in [6, 6.07) is 16.5. The van der Waals surface area contributed by atoms with Gasteiger partial charge < -0.3 is 10.3 Å². The number of rotatable bonds is 3. The highest BCUT2D eigenvalue weighted by Crippen LogP contribution is 2.24. The van der Waals surface area contributed by atoms with Crippen molar-refractivity contribution >= 4 is 27.0 Å². The molecule has 3 rings (SSSR count). The van der Waals surface area contributed by atoms with E-state index in [1.165, 1.54) is 5.56 Å². The first kappa shape index (κ1) is 12.4. The molecule has 1 atom stereocenters. The molecule has 2 aromatic carbocycles. The molecule has 0 aliphatic heterocycles. The maximum Gasteiger partial charge on any atom is 0.0964 e. The van der Waals surface area contributed by atoms with Crippen LogP contribution in [0, 0.1) is 0 Å². The fraction of sp³-hybridized carbons (Fsp3) is 0.133. The van der Waals surface area contributed by atoms with Gasteiger partial charge in [0.2, 0.25) is 0 Å². The third kappa shape index (κ3) is 2.29. The summed E-state index contributed by atoms with van der Waals surface area (Å²) in [5.41, 5.74) is 9.26. The van der Waals surface area contributed by atoms with E-state index in [0.29, 0.717) is 6.54 Å². The number of aromatic nitrogens is 2. The first-order chi connectivity index (χ1) is 9.29. The van der Waals surface area contributed by atoms with Gasteiger partial charge in [0.05, 0.1) is 23.4 Å². The van der Waals surface area contributed by atoms with Crippen molar-refractivity contribution < 1.29 is 0 Å². The van der Waals surface area contributed by atoms with Crippen LogP contribution in [-0.4, -0.2) is 16.1 Å². The second-order valence-corrected chi connectivity index (χ2v) is 5.36. The Morgan fingerprint density at radius 1 is 1.16 bits per heavy atom. The monoisotopic (exact) mass is 315 g/mol. The zero-order chi connectivity index (χ0) is 13.2. The van der Waals surface area contributed by atoms with Crippen LogP contribution in [0.1, 0.15) is 11.6 Å². The highest BCUT2D eigenvalue weighted by atomic mass is 79.9. The van der Waals surface area contributed by atoms with Crippen LogP contribution >= 0.6 is 15.9 Å². The van der Waals surface area contributed by atoms with E-state index in [9.17, 15) is 0 Å². The summed E-state index contributed by atoms with van der Waals surface area (Å²) in [7, 11) is 0. The summed E-state index contributed by atoms with van der Waals surface area (Å²) in [4.78, 5) is 4.43. The molecule has 4 heteroatoms. The Morgan fingerprint density at radius 2 is 2.00 bits per heavy atom. The minimum atomic E-state index is 0.102. The molecular formula is C15H14BrN3. The Balaban J connectivity index is 2.12. The number of benzene rings is 2. The molecule has 0 bridgehead atoms. The Labute approximate surface area is 120 Å². The van der Waals surface area contributed by atoms with Gasteiger partial charge in [-0.05, 0) is 29.8 Å². The fourth-order valence-corrected chi connectivity index (χ4v) is 2.77. The number of nitrogens with zero attached hydrogens (tertiary/aromatic N) is 2. The molecule has 1 unspecified atom stereocenters. The van der Waals surface area contributed by atoms with Crippen molar-refractivity contribution in [3.05, 3.63) is 64.9 Å². The second-order valence-electron chi connectivity index (χ2n) is 4.45. The summed E-state index contributed by atoms with van der Waals surface area (Å²) in [6.07, 6.45) is 1.86. The van der Waals surface area contributed by atoms with Crippen LogP contribution in [0.3, 0.4) is 0 Å². The van der Waals surface area contributed by atoms with Gasteiger partial charge in [0.15, 0.2) is 0 Å². The van der Waals surface area contributed by atoms with E-state index in [-0.39, 0.29) is 6.04 Å². The lowest BCUT2D eigenvalue weighted by molar-refractivity contribution is 0.610. The molecule has 0 amide bonds. The van der Waals surface area contributed by atoms with E-state index in [1.807, 2.05) is 36.7 Å². The van der Waals surface area contributed by atoms with Crippen molar-refractivity contribution in [3.63, 3.8) is 0 Å². The van der Waals surface area contributed by atoms with Gasteiger partial charge >= 0.3 is 0 Å². The molecular weight excluding hydrogens is 302 g/mol. The number of para-hydroxylation sites is 2. The topological polar surface area (TPSA) is 43.8 Å². The Hall–Kier alpha value is -1.65. The number of hydrogen-bond donors (Lipinski definition) is 1. The van der Waals surface area contributed by atoms with Crippen LogP contribution in [0.25, 0.3) is 11.0 Å². The summed E-state index contributed by atoms with van der Waals surface area (Å²) < 4.78 is 3.20. The summed E-state index contributed by atoms with van der Waals surface area (Å²) in [5.74, 6) is 0. The van der Waals surface area contributed by atoms with Crippen LogP contribution in [0.2, 0.25) is 0 Å². The van der Waals surface area contributed by atoms with Crippen molar-refractivity contribution in [1.29, 1.82) is 0 Å². The standard InChI is InChI=1S/C15H14BrN3/c16-12-5-3-4-11(8-12)15(9-17)19-10-18-13-6-1-2-7-14(13)19/h1-8,10,15H,9,17H2. The first-order valence-corrected chi connectivity index (χ1v) is 6.96. The SMILES string of the molecule is NCC(c1cccc(Br)c1)n1cnc2ccccc21. The van der Waals surface area contributed by atoms with Gasteiger partial charge in [0.1, 0.15) is 0 Å². The van der Waals surface area contributed by atoms with Crippen molar-refractivity contribution in [3.8, 4) is 0 Å². The molecule has 3 nitrogen and oxygen atoms in total. The smallest absolute Gasteiger partial charge is 0.0964 e. The van der Waals surface area contributed by atoms with Gasteiger partial charge in [-0.15, -0.1) is 0 Å². The molecule has 0 aliphatic rings. The van der Waals surface area contributed by atoms with Gasteiger partial charge in [0, 0.05) is 11.0 Å². The van der Waals surface area contributed by atoms with E-state index >= 15 is 0 Å². The number of hydrogen-bond acceptors (Lipinski definition) is 2. The van der Waals surface area contributed by atoms with Crippen LogP contribution in [0.4, 0.5) is 0 Å². The fourth-order valence-electron chi connectivity index (χ4n) is 2.35. The van der Waals surface area contributed by atoms with Crippen molar-refractivity contribution in [1.82, 2.24) is 9.55 Å². The molecule has 0 aliphatic carbocycles. The number of imidazole rings is 1. The van der Waals surface area contributed by atoms with Gasteiger partial charge in [-0.1, -0.05) is 40.2 Å². The van der Waals surface area contributed by atoms with E-state index in [4.69, 9.17) is 5.73 Å². The predicted molar refractivity (Wildman–Crippen MR) is 81.1 cm³/mol. The molecule has 19 heavy (non-hydrogen) atoms. The zero-order valence-corrected chi connectivity index (χ0v) is 11.9. The van der Waals surface area contributed by atoms with E-state index < -0.39 is 0 Å². The molecule has 1 aromatic heterocycles. The van der Waals surface area contributed by atoms with Crippen molar-refractivity contribution in [2.45, 2.75) is 6.04 Å². The first-order valence-electron chi connectivity index (χ1n) is 6.16. The maximum atomic E-state index is 5.97. The molecule has 2 N–H and O–H groups in total. The Bertz CT molecular complexity index is 705. The largest absolute Gasteiger partial charge is 0.328 e. The van der Waals surface area contributed by atoms with Crippen LogP contribution in [-0.2, 0) is 0 Å². The lowest BCUT2D eigenvalue weighted by Gasteiger charge is -2.18. The van der Waals surface area contributed by atoms with Gasteiger partial charge in [-0.3, -0.25) is 0 Å². The minimum absolute atomic E-state index is 0.102. The van der Waals surface area contributed by atoms with Gasteiger partial charge in [0.25, 0.3) is 0 Å². The highest BCUT2D eigenvalue weighted by Gasteiger charge is 2.14. The number of halogens is 1. The van der Waals surface area contributed by atoms with Crippen LogP contribution in [0.15, 0.2) is 59.3 Å². The van der Waals surface area contributed by atoms with E-state index in [2.05, 4.69) is 43.7 Å².